The monoisotopic (exact) mass is 335 g/mol. The Morgan fingerprint density at radius 2 is 1.92 bits per heavy atom. The number of benzene rings is 1. The normalized spacial score (nSPS) is 11.0. The van der Waals surface area contributed by atoms with E-state index in [0.717, 1.165) is 41.6 Å². The van der Waals surface area contributed by atoms with Crippen molar-refractivity contribution < 1.29 is 0 Å². The van der Waals surface area contributed by atoms with Crippen molar-refractivity contribution in [3.63, 3.8) is 0 Å². The molecular formula is C18H17N5S. The maximum Gasteiger partial charge on any atom is 0.169 e. The lowest BCUT2D eigenvalue weighted by molar-refractivity contribution is 0.566. The van der Waals surface area contributed by atoms with Gasteiger partial charge < -0.3 is 9.13 Å². The highest BCUT2D eigenvalue weighted by Crippen LogP contribution is 2.27. The SMILES string of the molecule is c1ccc(-c2csc(-c3nccn3CCCn3ccnc3)n2)cc1. The summed E-state index contributed by atoms with van der Waals surface area (Å²) in [5, 5.41) is 3.05. The predicted octanol–water partition coefficient (Wildman–Crippen LogP) is 3.96. The summed E-state index contributed by atoms with van der Waals surface area (Å²) in [6.45, 7) is 1.86. The molecule has 5 nitrogen and oxygen atoms in total. The third-order valence-corrected chi connectivity index (χ3v) is 4.69. The molecule has 0 amide bonds. The number of rotatable bonds is 6. The Balaban J connectivity index is 1.49. The van der Waals surface area contributed by atoms with Crippen molar-refractivity contribution in [2.75, 3.05) is 0 Å². The molecule has 3 heterocycles. The van der Waals surface area contributed by atoms with Gasteiger partial charge >= 0.3 is 0 Å². The van der Waals surface area contributed by atoms with Crippen LogP contribution >= 0.6 is 11.3 Å². The summed E-state index contributed by atoms with van der Waals surface area (Å²) in [5.41, 5.74) is 2.14. The highest BCUT2D eigenvalue weighted by Gasteiger charge is 2.11. The summed E-state index contributed by atoms with van der Waals surface area (Å²) < 4.78 is 4.26. The average Bonchev–Trinajstić information content (AvgIpc) is 3.37. The van der Waals surface area contributed by atoms with E-state index in [1.807, 2.05) is 49.3 Å². The van der Waals surface area contributed by atoms with Crippen molar-refractivity contribution in [2.45, 2.75) is 19.5 Å². The van der Waals surface area contributed by atoms with E-state index in [1.54, 1.807) is 11.3 Å². The van der Waals surface area contributed by atoms with Crippen LogP contribution in [0.2, 0.25) is 0 Å². The van der Waals surface area contributed by atoms with Gasteiger partial charge in [0.2, 0.25) is 0 Å². The summed E-state index contributed by atoms with van der Waals surface area (Å²) in [7, 11) is 0. The Morgan fingerprint density at radius 3 is 2.75 bits per heavy atom. The second kappa shape index (κ2) is 6.80. The maximum absolute atomic E-state index is 4.76. The zero-order chi connectivity index (χ0) is 16.2. The minimum absolute atomic E-state index is 0.910. The van der Waals surface area contributed by atoms with Crippen LogP contribution in [-0.4, -0.2) is 24.1 Å². The first-order valence-electron chi connectivity index (χ1n) is 7.88. The number of thiazole rings is 1. The van der Waals surface area contributed by atoms with Crippen LogP contribution in [0.4, 0.5) is 0 Å². The van der Waals surface area contributed by atoms with Gasteiger partial charge in [0.1, 0.15) is 0 Å². The van der Waals surface area contributed by atoms with Crippen LogP contribution in [0.3, 0.4) is 0 Å². The van der Waals surface area contributed by atoms with Crippen LogP contribution in [-0.2, 0) is 13.1 Å². The molecule has 0 bridgehead atoms. The van der Waals surface area contributed by atoms with Gasteiger partial charge in [-0.3, -0.25) is 0 Å². The van der Waals surface area contributed by atoms with Gasteiger partial charge in [-0.2, -0.15) is 0 Å². The summed E-state index contributed by atoms with van der Waals surface area (Å²) in [6, 6.07) is 10.2. The number of nitrogens with zero attached hydrogens (tertiary/aromatic N) is 5. The molecule has 0 fully saturated rings. The first kappa shape index (κ1) is 14.8. The molecule has 0 atom stereocenters. The van der Waals surface area contributed by atoms with E-state index in [1.165, 1.54) is 0 Å². The molecule has 6 heteroatoms. The predicted molar refractivity (Wildman–Crippen MR) is 95.6 cm³/mol. The zero-order valence-corrected chi connectivity index (χ0v) is 13.9. The van der Waals surface area contributed by atoms with Crippen LogP contribution in [0.5, 0.6) is 0 Å². The maximum atomic E-state index is 4.76. The molecule has 0 aliphatic rings. The largest absolute Gasteiger partial charge is 0.337 e. The Bertz CT molecular complexity index is 893. The molecule has 0 N–H and O–H groups in total. The lowest BCUT2D eigenvalue weighted by Gasteiger charge is -2.06. The fraction of sp³-hybridized carbons (Fsp3) is 0.167. The van der Waals surface area contributed by atoms with Crippen molar-refractivity contribution in [3.05, 3.63) is 66.8 Å². The molecule has 0 unspecified atom stereocenters. The van der Waals surface area contributed by atoms with Gasteiger partial charge in [-0.25, -0.2) is 15.0 Å². The molecule has 4 aromatic rings. The van der Waals surface area contributed by atoms with Crippen molar-refractivity contribution in [2.24, 2.45) is 0 Å². The Morgan fingerprint density at radius 1 is 1.00 bits per heavy atom. The van der Waals surface area contributed by atoms with E-state index >= 15 is 0 Å². The zero-order valence-electron chi connectivity index (χ0n) is 13.1. The Labute approximate surface area is 144 Å². The van der Waals surface area contributed by atoms with E-state index in [4.69, 9.17) is 4.98 Å². The lowest BCUT2D eigenvalue weighted by atomic mass is 10.2. The summed E-state index contributed by atoms with van der Waals surface area (Å²) in [4.78, 5) is 13.3. The molecule has 4 rings (SSSR count). The highest BCUT2D eigenvalue weighted by atomic mass is 32.1. The number of aromatic nitrogens is 5. The van der Waals surface area contributed by atoms with Crippen LogP contribution < -0.4 is 0 Å². The second-order valence-electron chi connectivity index (χ2n) is 5.50. The van der Waals surface area contributed by atoms with Crippen LogP contribution in [0.15, 0.2) is 66.8 Å². The van der Waals surface area contributed by atoms with E-state index < -0.39 is 0 Å². The molecule has 1 aromatic carbocycles. The Kier molecular flexibility index (Phi) is 4.20. The molecule has 0 aliphatic heterocycles. The first-order chi connectivity index (χ1) is 11.9. The van der Waals surface area contributed by atoms with Gasteiger partial charge in [0, 0.05) is 48.8 Å². The standard InChI is InChI=1S/C18H17N5S/c1-2-5-15(6-3-1)16-13-24-18(21-16)17-20-8-12-23(17)10-4-9-22-11-7-19-14-22/h1-3,5-8,11-14H,4,9-10H2. The molecule has 3 aromatic heterocycles. The van der Waals surface area contributed by atoms with Gasteiger partial charge in [-0.05, 0) is 6.42 Å². The minimum atomic E-state index is 0.910. The molecule has 0 radical (unpaired) electrons. The molecule has 120 valence electrons. The molecule has 0 spiro atoms. The second-order valence-corrected chi connectivity index (χ2v) is 6.36. The van der Waals surface area contributed by atoms with Crippen molar-refractivity contribution >= 4 is 11.3 Å². The molecule has 0 saturated carbocycles. The van der Waals surface area contributed by atoms with Crippen LogP contribution in [0.25, 0.3) is 22.1 Å². The lowest BCUT2D eigenvalue weighted by Crippen LogP contribution is -2.03. The third-order valence-electron chi connectivity index (χ3n) is 3.86. The van der Waals surface area contributed by atoms with Crippen molar-refractivity contribution in [3.8, 4) is 22.1 Å². The number of imidazole rings is 2. The van der Waals surface area contributed by atoms with E-state index in [-0.39, 0.29) is 0 Å². The number of aryl methyl sites for hydroxylation is 2. The van der Waals surface area contributed by atoms with Crippen molar-refractivity contribution in [1.29, 1.82) is 0 Å². The van der Waals surface area contributed by atoms with Gasteiger partial charge in [0.15, 0.2) is 10.8 Å². The molecule has 24 heavy (non-hydrogen) atoms. The summed E-state index contributed by atoms with van der Waals surface area (Å²) in [5.74, 6) is 0.938. The number of hydrogen-bond acceptors (Lipinski definition) is 4. The van der Waals surface area contributed by atoms with Gasteiger partial charge in [0.25, 0.3) is 0 Å². The smallest absolute Gasteiger partial charge is 0.169 e. The molecule has 0 aliphatic carbocycles. The fourth-order valence-corrected chi connectivity index (χ4v) is 3.49. The highest BCUT2D eigenvalue weighted by molar-refractivity contribution is 7.13. The third kappa shape index (κ3) is 3.14. The minimum Gasteiger partial charge on any atom is -0.337 e. The first-order valence-corrected chi connectivity index (χ1v) is 8.76. The molecular weight excluding hydrogens is 318 g/mol. The summed E-state index contributed by atoms with van der Waals surface area (Å²) in [6.07, 6.45) is 10.5. The average molecular weight is 335 g/mol. The van der Waals surface area contributed by atoms with Gasteiger partial charge in [-0.1, -0.05) is 30.3 Å². The van der Waals surface area contributed by atoms with E-state index in [9.17, 15) is 0 Å². The molecule has 0 saturated heterocycles. The van der Waals surface area contributed by atoms with Crippen molar-refractivity contribution in [1.82, 2.24) is 24.1 Å². The quantitative estimate of drug-likeness (QED) is 0.536. The van der Waals surface area contributed by atoms with Gasteiger partial charge in [0.05, 0.1) is 12.0 Å². The van der Waals surface area contributed by atoms with E-state index in [0.29, 0.717) is 0 Å². The Hall–Kier alpha value is -2.73. The van der Waals surface area contributed by atoms with Crippen LogP contribution in [0.1, 0.15) is 6.42 Å². The summed E-state index contributed by atoms with van der Waals surface area (Å²) >= 11 is 1.64. The topological polar surface area (TPSA) is 48.5 Å². The van der Waals surface area contributed by atoms with Gasteiger partial charge in [-0.15, -0.1) is 11.3 Å². The fourth-order valence-electron chi connectivity index (χ4n) is 2.65. The van der Waals surface area contributed by atoms with Crippen LogP contribution in [0, 0.1) is 0 Å². The van der Waals surface area contributed by atoms with E-state index in [2.05, 4.69) is 36.6 Å². The number of hydrogen-bond donors (Lipinski definition) is 0.